The quantitative estimate of drug-likeness (QED) is 0.420. The van der Waals surface area contributed by atoms with Crippen LogP contribution in [0.5, 0.6) is 0 Å². The summed E-state index contributed by atoms with van der Waals surface area (Å²) in [7, 11) is 1.67. The highest BCUT2D eigenvalue weighted by molar-refractivity contribution is 6.31. The van der Waals surface area contributed by atoms with E-state index in [-0.39, 0.29) is 27.6 Å². The highest BCUT2D eigenvalue weighted by atomic mass is 35.5. The van der Waals surface area contributed by atoms with Crippen LogP contribution >= 0.6 is 11.6 Å². The summed E-state index contributed by atoms with van der Waals surface area (Å²) in [5.74, 6) is -0.0216. The molecule has 0 aromatic carbocycles. The molecule has 28 heavy (non-hydrogen) atoms. The fourth-order valence-corrected chi connectivity index (χ4v) is 2.58. The second kappa shape index (κ2) is 7.44. The maximum atomic E-state index is 12.6. The standard InChI is InChI=1S/C20H25ClN4O3/c1-11-14(16(21)25(8)24-11)15(28-18(26)20(5,6)7)12(9-22)13-10-27-17(23-13)19(2,3)4/h10H,1-8H3. The van der Waals surface area contributed by atoms with Crippen molar-refractivity contribution in [3.63, 3.8) is 0 Å². The molecule has 0 saturated heterocycles. The molecule has 0 aliphatic carbocycles. The van der Waals surface area contributed by atoms with E-state index in [4.69, 9.17) is 20.8 Å². The summed E-state index contributed by atoms with van der Waals surface area (Å²) >= 11 is 6.39. The molecule has 0 fully saturated rings. The van der Waals surface area contributed by atoms with E-state index in [1.807, 2.05) is 20.8 Å². The fourth-order valence-electron chi connectivity index (χ4n) is 2.32. The number of hydrogen-bond acceptors (Lipinski definition) is 6. The van der Waals surface area contributed by atoms with Crippen molar-refractivity contribution in [1.82, 2.24) is 14.8 Å². The SMILES string of the molecule is Cc1nn(C)c(Cl)c1C(OC(=O)C(C)(C)C)=C(C#N)c1coc(C(C)(C)C)n1. The molecule has 8 heteroatoms. The molecule has 0 aliphatic rings. The predicted molar refractivity (Wildman–Crippen MR) is 106 cm³/mol. The predicted octanol–water partition coefficient (Wildman–Crippen LogP) is 4.65. The lowest BCUT2D eigenvalue weighted by atomic mass is 9.97. The minimum absolute atomic E-state index is 0.0202. The molecule has 0 saturated carbocycles. The summed E-state index contributed by atoms with van der Waals surface area (Å²) in [6, 6.07) is 2.09. The van der Waals surface area contributed by atoms with Gasteiger partial charge < -0.3 is 9.15 Å². The second-order valence-corrected chi connectivity index (χ2v) is 8.98. The first-order chi connectivity index (χ1) is 12.8. The number of allylic oxidation sites excluding steroid dienone is 1. The number of nitrogens with zero attached hydrogens (tertiary/aromatic N) is 4. The molecule has 2 aromatic rings. The maximum Gasteiger partial charge on any atom is 0.316 e. The summed E-state index contributed by atoms with van der Waals surface area (Å²) in [6.07, 6.45) is 1.38. The molecule has 0 aliphatic heterocycles. The van der Waals surface area contributed by atoms with E-state index < -0.39 is 11.4 Å². The molecular weight excluding hydrogens is 380 g/mol. The minimum atomic E-state index is -0.783. The van der Waals surface area contributed by atoms with E-state index in [1.165, 1.54) is 10.9 Å². The second-order valence-electron chi connectivity index (χ2n) is 8.62. The van der Waals surface area contributed by atoms with Gasteiger partial charge in [-0.25, -0.2) is 4.98 Å². The van der Waals surface area contributed by atoms with Crippen molar-refractivity contribution in [2.24, 2.45) is 12.5 Å². The van der Waals surface area contributed by atoms with Crippen LogP contribution in [-0.4, -0.2) is 20.7 Å². The van der Waals surface area contributed by atoms with E-state index in [0.717, 1.165) is 0 Å². The Labute approximate surface area is 170 Å². The zero-order chi connectivity index (χ0) is 21.4. The Morgan fingerprint density at radius 1 is 1.29 bits per heavy atom. The molecule has 0 N–H and O–H groups in total. The van der Waals surface area contributed by atoms with Gasteiger partial charge in [0, 0.05) is 12.5 Å². The zero-order valence-corrected chi connectivity index (χ0v) is 18.2. The number of oxazole rings is 1. The van der Waals surface area contributed by atoms with E-state index in [9.17, 15) is 10.1 Å². The van der Waals surface area contributed by atoms with Gasteiger partial charge in [0.25, 0.3) is 0 Å². The van der Waals surface area contributed by atoms with Crippen LogP contribution in [0.1, 0.15) is 64.4 Å². The van der Waals surface area contributed by atoms with Crippen LogP contribution in [0.3, 0.4) is 0 Å². The van der Waals surface area contributed by atoms with E-state index in [2.05, 4.69) is 16.2 Å². The Kier molecular flexibility index (Phi) is 5.77. The van der Waals surface area contributed by atoms with Crippen LogP contribution in [0, 0.1) is 23.7 Å². The van der Waals surface area contributed by atoms with Crippen molar-refractivity contribution in [3.8, 4) is 6.07 Å². The first-order valence-electron chi connectivity index (χ1n) is 8.80. The Bertz CT molecular complexity index is 979. The fraction of sp³-hybridized carbons (Fsp3) is 0.500. The number of halogens is 1. The molecule has 0 unspecified atom stereocenters. The Balaban J connectivity index is 2.75. The average Bonchev–Trinajstić information content (AvgIpc) is 3.12. The van der Waals surface area contributed by atoms with Crippen LogP contribution in [0.4, 0.5) is 0 Å². The number of ether oxygens (including phenoxy) is 1. The maximum absolute atomic E-state index is 12.6. The molecule has 0 radical (unpaired) electrons. The normalized spacial score (nSPS) is 13.1. The van der Waals surface area contributed by atoms with E-state index in [0.29, 0.717) is 17.1 Å². The number of carbonyl (C=O) groups excluding carboxylic acids is 1. The van der Waals surface area contributed by atoms with Gasteiger partial charge >= 0.3 is 5.97 Å². The van der Waals surface area contributed by atoms with Gasteiger partial charge in [0.1, 0.15) is 28.8 Å². The van der Waals surface area contributed by atoms with Crippen molar-refractivity contribution in [1.29, 1.82) is 5.26 Å². The lowest BCUT2D eigenvalue weighted by molar-refractivity contribution is -0.145. The number of aryl methyl sites for hydroxylation is 2. The van der Waals surface area contributed by atoms with Crippen molar-refractivity contribution in [2.75, 3.05) is 0 Å². The first kappa shape index (κ1) is 21.7. The number of hydrogen-bond donors (Lipinski definition) is 0. The number of nitriles is 1. The van der Waals surface area contributed by atoms with Gasteiger partial charge in [-0.3, -0.25) is 9.48 Å². The van der Waals surface area contributed by atoms with Gasteiger partial charge in [0.05, 0.1) is 16.7 Å². The van der Waals surface area contributed by atoms with Crippen LogP contribution in [0.15, 0.2) is 10.7 Å². The van der Waals surface area contributed by atoms with Gasteiger partial charge in [-0.05, 0) is 27.7 Å². The van der Waals surface area contributed by atoms with Gasteiger partial charge in [0.2, 0.25) is 0 Å². The molecule has 2 rings (SSSR count). The zero-order valence-electron chi connectivity index (χ0n) is 17.5. The third kappa shape index (κ3) is 4.28. The number of carbonyl (C=O) groups is 1. The largest absolute Gasteiger partial charge is 0.448 e. The van der Waals surface area contributed by atoms with Crippen molar-refractivity contribution in [2.45, 2.75) is 53.9 Å². The number of esters is 1. The number of aromatic nitrogens is 3. The summed E-state index contributed by atoms with van der Waals surface area (Å²) in [5, 5.41) is 14.4. The summed E-state index contributed by atoms with van der Waals surface area (Å²) in [5.41, 5.74) is 0.0889. The van der Waals surface area contributed by atoms with Gasteiger partial charge in [-0.1, -0.05) is 32.4 Å². The molecular formula is C20H25ClN4O3. The molecule has 0 amide bonds. The van der Waals surface area contributed by atoms with Gasteiger partial charge in [-0.2, -0.15) is 10.4 Å². The monoisotopic (exact) mass is 404 g/mol. The average molecular weight is 405 g/mol. The first-order valence-corrected chi connectivity index (χ1v) is 9.17. The van der Waals surface area contributed by atoms with Crippen LogP contribution < -0.4 is 0 Å². The van der Waals surface area contributed by atoms with E-state index in [1.54, 1.807) is 34.7 Å². The topological polar surface area (TPSA) is 93.9 Å². The van der Waals surface area contributed by atoms with Crippen LogP contribution in [0.2, 0.25) is 5.15 Å². The Hall–Kier alpha value is -2.59. The van der Waals surface area contributed by atoms with Crippen molar-refractivity contribution in [3.05, 3.63) is 34.3 Å². The molecule has 0 bridgehead atoms. The highest BCUT2D eigenvalue weighted by Gasteiger charge is 2.31. The smallest absolute Gasteiger partial charge is 0.316 e. The molecule has 2 aromatic heterocycles. The third-order valence-corrected chi connectivity index (χ3v) is 4.36. The molecule has 0 spiro atoms. The summed E-state index contributed by atoms with van der Waals surface area (Å²) < 4.78 is 12.7. The van der Waals surface area contributed by atoms with Crippen LogP contribution in [0.25, 0.3) is 11.3 Å². The minimum Gasteiger partial charge on any atom is -0.448 e. The van der Waals surface area contributed by atoms with Crippen LogP contribution in [-0.2, 0) is 22.0 Å². The molecule has 150 valence electrons. The Morgan fingerprint density at radius 2 is 1.89 bits per heavy atom. The van der Waals surface area contributed by atoms with Crippen molar-refractivity contribution < 1.29 is 13.9 Å². The van der Waals surface area contributed by atoms with Gasteiger partial charge in [-0.15, -0.1) is 0 Å². The molecule has 7 nitrogen and oxygen atoms in total. The van der Waals surface area contributed by atoms with Crippen molar-refractivity contribution >= 4 is 28.9 Å². The molecule has 0 atom stereocenters. The third-order valence-electron chi connectivity index (χ3n) is 3.93. The number of rotatable bonds is 3. The van der Waals surface area contributed by atoms with E-state index >= 15 is 0 Å². The Morgan fingerprint density at radius 3 is 2.29 bits per heavy atom. The molecule has 2 heterocycles. The summed E-state index contributed by atoms with van der Waals surface area (Å²) in [4.78, 5) is 17.0. The lowest BCUT2D eigenvalue weighted by Gasteiger charge is -2.19. The van der Waals surface area contributed by atoms with Gasteiger partial charge in [0.15, 0.2) is 11.6 Å². The lowest BCUT2D eigenvalue weighted by Crippen LogP contribution is -2.23. The summed E-state index contributed by atoms with van der Waals surface area (Å²) in [6.45, 7) is 12.7. The highest BCUT2D eigenvalue weighted by Crippen LogP contribution is 2.36.